The van der Waals surface area contributed by atoms with Crippen LogP contribution in [0.3, 0.4) is 0 Å². The SMILES string of the molecule is C[C@H](O)C(=O)N1CC[C@H](Oc2ccc(-c3ncnc(Nc4ccc(N5CC6(COC6)C5)cc4)n3)cc2C#N)[C@@H](F)C1. The highest BCUT2D eigenvalue weighted by atomic mass is 19.1. The first-order valence-electron chi connectivity index (χ1n) is 13.5. The van der Waals surface area contributed by atoms with Gasteiger partial charge < -0.3 is 29.7 Å². The van der Waals surface area contributed by atoms with E-state index in [2.05, 4.69) is 43.4 Å². The zero-order valence-corrected chi connectivity index (χ0v) is 22.5. The number of ether oxygens (including phenoxy) is 2. The number of piperidine rings is 1. The molecule has 11 nitrogen and oxygen atoms in total. The number of likely N-dealkylation sites (tertiary alicyclic amines) is 1. The molecule has 212 valence electrons. The number of nitrogens with one attached hydrogen (secondary N) is 1. The second-order valence-corrected chi connectivity index (χ2v) is 10.9. The Bertz CT molecular complexity index is 1470. The molecule has 3 aliphatic rings. The van der Waals surface area contributed by atoms with E-state index in [9.17, 15) is 19.6 Å². The van der Waals surface area contributed by atoms with Crippen LogP contribution in [0.2, 0.25) is 0 Å². The van der Waals surface area contributed by atoms with Crippen molar-refractivity contribution in [3.63, 3.8) is 0 Å². The number of rotatable bonds is 7. The number of aromatic nitrogens is 3. The van der Waals surface area contributed by atoms with E-state index in [0.29, 0.717) is 22.8 Å². The zero-order valence-electron chi connectivity index (χ0n) is 22.5. The Morgan fingerprint density at radius 1 is 1.24 bits per heavy atom. The molecule has 3 fully saturated rings. The van der Waals surface area contributed by atoms with E-state index in [4.69, 9.17) is 9.47 Å². The highest BCUT2D eigenvalue weighted by Gasteiger charge is 2.49. The van der Waals surface area contributed by atoms with E-state index in [1.54, 1.807) is 18.2 Å². The van der Waals surface area contributed by atoms with Gasteiger partial charge in [0.15, 0.2) is 12.0 Å². The van der Waals surface area contributed by atoms with Crippen molar-refractivity contribution in [1.29, 1.82) is 5.26 Å². The number of anilines is 3. The minimum absolute atomic E-state index is 0.174. The lowest BCUT2D eigenvalue weighted by Gasteiger charge is -2.56. The first kappa shape index (κ1) is 26.9. The summed E-state index contributed by atoms with van der Waals surface area (Å²) in [6, 6.07) is 15.1. The molecule has 6 rings (SSSR count). The lowest BCUT2D eigenvalue weighted by atomic mass is 9.78. The molecule has 3 aliphatic heterocycles. The third-order valence-corrected chi connectivity index (χ3v) is 7.72. The number of nitriles is 1. The summed E-state index contributed by atoms with van der Waals surface area (Å²) in [6.07, 6.45) is -1.83. The molecule has 1 spiro atoms. The van der Waals surface area contributed by atoms with Gasteiger partial charge in [0.05, 0.1) is 30.7 Å². The number of carbonyl (C=O) groups excluding carboxylic acids is 1. The van der Waals surface area contributed by atoms with Gasteiger partial charge in [-0.15, -0.1) is 0 Å². The Morgan fingerprint density at radius 3 is 2.68 bits per heavy atom. The molecule has 4 heterocycles. The normalized spacial score (nSPS) is 21.8. The van der Waals surface area contributed by atoms with Gasteiger partial charge in [-0.05, 0) is 49.4 Å². The quantitative estimate of drug-likeness (QED) is 0.445. The van der Waals surface area contributed by atoms with Gasteiger partial charge >= 0.3 is 0 Å². The number of aliphatic hydroxyl groups is 1. The molecule has 1 amide bonds. The predicted molar refractivity (Wildman–Crippen MR) is 147 cm³/mol. The number of halogens is 1. The fourth-order valence-corrected chi connectivity index (χ4v) is 5.40. The summed E-state index contributed by atoms with van der Waals surface area (Å²) in [5.41, 5.74) is 3.13. The van der Waals surface area contributed by atoms with Crippen molar-refractivity contribution >= 4 is 23.2 Å². The topological polar surface area (TPSA) is 137 Å². The summed E-state index contributed by atoms with van der Waals surface area (Å²) in [7, 11) is 0. The van der Waals surface area contributed by atoms with Crippen LogP contribution in [0.5, 0.6) is 5.75 Å². The summed E-state index contributed by atoms with van der Waals surface area (Å²) in [4.78, 5) is 28.6. The number of carbonyl (C=O) groups is 1. The predicted octanol–water partition coefficient (Wildman–Crippen LogP) is 2.69. The molecular weight excluding hydrogens is 529 g/mol. The molecule has 0 aliphatic carbocycles. The maximum absolute atomic E-state index is 14.8. The van der Waals surface area contributed by atoms with Gasteiger partial charge in [0.2, 0.25) is 5.95 Å². The van der Waals surface area contributed by atoms with Crippen LogP contribution in [0.4, 0.5) is 21.7 Å². The van der Waals surface area contributed by atoms with Gasteiger partial charge in [-0.1, -0.05) is 0 Å². The van der Waals surface area contributed by atoms with Crippen molar-refractivity contribution < 1.29 is 23.8 Å². The summed E-state index contributed by atoms with van der Waals surface area (Å²) >= 11 is 0. The molecule has 0 saturated carbocycles. The number of amides is 1. The first-order chi connectivity index (χ1) is 19.8. The van der Waals surface area contributed by atoms with Crippen molar-refractivity contribution in [2.75, 3.05) is 49.6 Å². The first-order valence-corrected chi connectivity index (χ1v) is 13.5. The summed E-state index contributed by atoms with van der Waals surface area (Å²) in [5.74, 6) is 0.448. The molecule has 2 N–H and O–H groups in total. The minimum Gasteiger partial charge on any atom is -0.486 e. The average Bonchev–Trinajstić information content (AvgIpc) is 2.93. The minimum atomic E-state index is -1.45. The summed E-state index contributed by atoms with van der Waals surface area (Å²) in [6.45, 7) is 5.17. The summed E-state index contributed by atoms with van der Waals surface area (Å²) in [5, 5.41) is 22.5. The number of aliphatic hydroxyl groups excluding tert-OH is 1. The van der Waals surface area contributed by atoms with Gasteiger partial charge in [-0.3, -0.25) is 4.79 Å². The molecule has 41 heavy (non-hydrogen) atoms. The number of benzene rings is 2. The van der Waals surface area contributed by atoms with Crippen molar-refractivity contribution in [3.8, 4) is 23.2 Å². The van der Waals surface area contributed by atoms with Crippen molar-refractivity contribution in [2.24, 2.45) is 5.41 Å². The van der Waals surface area contributed by atoms with E-state index >= 15 is 0 Å². The van der Waals surface area contributed by atoms with Gasteiger partial charge in [0, 0.05) is 43.0 Å². The average molecular weight is 560 g/mol. The van der Waals surface area contributed by atoms with Crippen LogP contribution in [-0.4, -0.2) is 88.6 Å². The second kappa shape index (κ2) is 10.9. The van der Waals surface area contributed by atoms with Gasteiger partial charge in [-0.25, -0.2) is 14.4 Å². The van der Waals surface area contributed by atoms with Crippen LogP contribution < -0.4 is 15.0 Å². The Kier molecular flexibility index (Phi) is 7.15. The molecule has 2 aromatic carbocycles. The van der Waals surface area contributed by atoms with Gasteiger partial charge in [0.1, 0.15) is 30.4 Å². The monoisotopic (exact) mass is 559 g/mol. The van der Waals surface area contributed by atoms with Crippen LogP contribution in [0.15, 0.2) is 48.8 Å². The molecular formula is C29H30FN7O4. The standard InChI is InChI=1S/C29H30FN7O4/c1-18(38)27(39)36-9-8-25(23(30)12-36)41-24-7-2-19(10-20(24)11-31)26-32-17-33-28(35-26)34-21-3-5-22(6-4-21)37-13-29(14-37)15-40-16-29/h2-7,10,17-18,23,25,38H,8-9,12-16H2,1H3,(H,32,33,34,35)/t18-,23-,25-/m0/s1. The van der Waals surface area contributed by atoms with Crippen LogP contribution in [0.25, 0.3) is 11.4 Å². The largest absolute Gasteiger partial charge is 0.486 e. The van der Waals surface area contributed by atoms with Crippen molar-refractivity contribution in [2.45, 2.75) is 31.7 Å². The van der Waals surface area contributed by atoms with Crippen molar-refractivity contribution in [1.82, 2.24) is 19.9 Å². The molecule has 1 aromatic heterocycles. The number of nitrogens with zero attached hydrogens (tertiary/aromatic N) is 6. The van der Waals surface area contributed by atoms with Crippen molar-refractivity contribution in [3.05, 3.63) is 54.4 Å². The molecule has 0 radical (unpaired) electrons. The highest BCUT2D eigenvalue weighted by Crippen LogP contribution is 2.40. The molecule has 3 saturated heterocycles. The maximum atomic E-state index is 14.8. The van der Waals surface area contributed by atoms with E-state index in [1.165, 1.54) is 18.2 Å². The van der Waals surface area contributed by atoms with Crippen LogP contribution >= 0.6 is 0 Å². The Hall–Kier alpha value is -4.34. The van der Waals surface area contributed by atoms with E-state index < -0.39 is 24.3 Å². The van der Waals surface area contributed by atoms with Crippen LogP contribution in [0, 0.1) is 16.7 Å². The van der Waals surface area contributed by atoms with Gasteiger partial charge in [-0.2, -0.15) is 10.2 Å². The number of hydrogen-bond donors (Lipinski definition) is 2. The molecule has 3 atom stereocenters. The summed E-state index contributed by atoms with van der Waals surface area (Å²) < 4.78 is 26.0. The van der Waals surface area contributed by atoms with Gasteiger partial charge in [0.25, 0.3) is 5.91 Å². The maximum Gasteiger partial charge on any atom is 0.251 e. The Morgan fingerprint density at radius 2 is 2.02 bits per heavy atom. The second-order valence-electron chi connectivity index (χ2n) is 10.9. The Balaban J connectivity index is 1.10. The number of hydrogen-bond acceptors (Lipinski definition) is 10. The Labute approximate surface area is 236 Å². The zero-order chi connectivity index (χ0) is 28.6. The molecule has 0 bridgehead atoms. The van der Waals surface area contributed by atoms with E-state index in [1.807, 2.05) is 12.1 Å². The smallest absolute Gasteiger partial charge is 0.251 e. The highest BCUT2D eigenvalue weighted by molar-refractivity contribution is 5.80. The third-order valence-electron chi connectivity index (χ3n) is 7.72. The lowest BCUT2D eigenvalue weighted by Crippen LogP contribution is -2.66. The molecule has 3 aromatic rings. The fraction of sp³-hybridized carbons (Fsp3) is 0.414. The third kappa shape index (κ3) is 5.51. The van der Waals surface area contributed by atoms with E-state index in [0.717, 1.165) is 37.7 Å². The fourth-order valence-electron chi connectivity index (χ4n) is 5.40. The lowest BCUT2D eigenvalue weighted by molar-refractivity contribution is -0.143. The van der Waals surface area contributed by atoms with Crippen LogP contribution in [-0.2, 0) is 9.53 Å². The molecule has 12 heteroatoms. The van der Waals surface area contributed by atoms with Crippen LogP contribution in [0.1, 0.15) is 18.9 Å². The number of alkyl halides is 1. The van der Waals surface area contributed by atoms with E-state index in [-0.39, 0.29) is 30.8 Å². The molecule has 0 unspecified atom stereocenters.